The molecule has 1 aliphatic rings. The molecule has 1 unspecified atom stereocenters. The van der Waals surface area contributed by atoms with Gasteiger partial charge in [-0.3, -0.25) is 14.5 Å². The number of hydrogen-bond acceptors (Lipinski definition) is 6. The van der Waals surface area contributed by atoms with Crippen LogP contribution >= 0.6 is 11.6 Å². The van der Waals surface area contributed by atoms with Crippen molar-refractivity contribution in [3.05, 3.63) is 123 Å². The van der Waals surface area contributed by atoms with E-state index in [9.17, 15) is 9.59 Å². The zero-order valence-electron chi connectivity index (χ0n) is 18.1. The van der Waals surface area contributed by atoms with E-state index < -0.39 is 11.9 Å². The predicted octanol–water partition coefficient (Wildman–Crippen LogP) is 5.78. The Bertz CT molecular complexity index is 1640. The molecule has 6 rings (SSSR count). The Labute approximate surface area is 204 Å². The zero-order valence-corrected chi connectivity index (χ0v) is 18.8. The van der Waals surface area contributed by atoms with Crippen molar-refractivity contribution in [2.45, 2.75) is 6.04 Å². The highest BCUT2D eigenvalue weighted by atomic mass is 35.5. The molecule has 2 aromatic heterocycles. The molecule has 1 atom stereocenters. The summed E-state index contributed by atoms with van der Waals surface area (Å²) in [7, 11) is 0. The standard InChI is InChI=1S/C27H16ClN3O4/c28-17-10-11-21-20(15-17)24(32)22-23(31(26(33)25(22)35-21)27-29-12-5-13-30-27)16-6-4-9-19(14-16)34-18-7-2-1-3-8-18/h1-15,23H. The van der Waals surface area contributed by atoms with E-state index in [0.717, 1.165) is 0 Å². The first kappa shape index (κ1) is 21.1. The lowest BCUT2D eigenvalue weighted by molar-refractivity contribution is 0.0969. The zero-order chi connectivity index (χ0) is 23.9. The molecule has 0 fully saturated rings. The van der Waals surface area contributed by atoms with E-state index in [-0.39, 0.29) is 28.3 Å². The Morgan fingerprint density at radius 1 is 0.857 bits per heavy atom. The average Bonchev–Trinajstić information content (AvgIpc) is 3.18. The molecular weight excluding hydrogens is 466 g/mol. The normalized spacial score (nSPS) is 14.8. The molecule has 0 radical (unpaired) electrons. The van der Waals surface area contributed by atoms with Crippen LogP contribution in [0.3, 0.4) is 0 Å². The summed E-state index contributed by atoms with van der Waals surface area (Å²) in [5, 5.41) is 0.689. The van der Waals surface area contributed by atoms with Crippen molar-refractivity contribution >= 4 is 34.4 Å². The minimum Gasteiger partial charge on any atom is -0.457 e. The molecule has 0 aliphatic carbocycles. The Morgan fingerprint density at radius 2 is 1.63 bits per heavy atom. The van der Waals surface area contributed by atoms with Gasteiger partial charge in [0, 0.05) is 17.4 Å². The van der Waals surface area contributed by atoms with Crippen LogP contribution in [-0.2, 0) is 0 Å². The summed E-state index contributed by atoms with van der Waals surface area (Å²) in [5.41, 5.74) is 0.790. The van der Waals surface area contributed by atoms with Crippen LogP contribution in [0, 0.1) is 0 Å². The van der Waals surface area contributed by atoms with E-state index in [1.807, 2.05) is 36.4 Å². The molecule has 0 bridgehead atoms. The van der Waals surface area contributed by atoms with Crippen LogP contribution in [0.15, 0.2) is 100 Å². The van der Waals surface area contributed by atoms with Gasteiger partial charge in [0.1, 0.15) is 17.1 Å². The number of rotatable bonds is 4. The van der Waals surface area contributed by atoms with Gasteiger partial charge in [0.25, 0.3) is 5.91 Å². The number of aromatic nitrogens is 2. The molecule has 0 spiro atoms. The van der Waals surface area contributed by atoms with Crippen molar-refractivity contribution in [2.75, 3.05) is 4.90 Å². The Balaban J connectivity index is 1.56. The first-order chi connectivity index (χ1) is 17.1. The maximum absolute atomic E-state index is 13.7. The molecule has 5 aromatic rings. The van der Waals surface area contributed by atoms with Gasteiger partial charge >= 0.3 is 0 Å². The molecule has 1 aliphatic heterocycles. The van der Waals surface area contributed by atoms with Crippen molar-refractivity contribution in [3.8, 4) is 11.5 Å². The van der Waals surface area contributed by atoms with Crippen LogP contribution in [0.1, 0.15) is 27.7 Å². The topological polar surface area (TPSA) is 85.5 Å². The Hall–Kier alpha value is -4.49. The molecule has 170 valence electrons. The molecule has 0 saturated heterocycles. The number of carbonyl (C=O) groups excluding carboxylic acids is 1. The van der Waals surface area contributed by atoms with Gasteiger partial charge in [-0.2, -0.15) is 0 Å². The number of amides is 1. The molecule has 3 aromatic carbocycles. The summed E-state index contributed by atoms with van der Waals surface area (Å²) < 4.78 is 11.9. The van der Waals surface area contributed by atoms with E-state index in [2.05, 4.69) is 9.97 Å². The highest BCUT2D eigenvalue weighted by molar-refractivity contribution is 6.31. The van der Waals surface area contributed by atoms with E-state index in [4.69, 9.17) is 20.8 Å². The maximum atomic E-state index is 13.7. The molecule has 1 amide bonds. The van der Waals surface area contributed by atoms with Crippen LogP contribution in [0.5, 0.6) is 11.5 Å². The van der Waals surface area contributed by atoms with Crippen molar-refractivity contribution in [2.24, 2.45) is 0 Å². The summed E-state index contributed by atoms with van der Waals surface area (Å²) >= 11 is 6.15. The molecule has 0 saturated carbocycles. The van der Waals surface area contributed by atoms with E-state index in [1.54, 1.807) is 42.5 Å². The fraction of sp³-hybridized carbons (Fsp3) is 0.0370. The number of nitrogens with zero attached hydrogens (tertiary/aromatic N) is 3. The minimum absolute atomic E-state index is 0.0448. The number of ether oxygens (including phenoxy) is 1. The minimum atomic E-state index is -0.821. The lowest BCUT2D eigenvalue weighted by atomic mass is 9.98. The quantitative estimate of drug-likeness (QED) is 0.323. The van der Waals surface area contributed by atoms with Crippen molar-refractivity contribution < 1.29 is 13.9 Å². The summed E-state index contributed by atoms with van der Waals surface area (Å²) in [6.45, 7) is 0. The van der Waals surface area contributed by atoms with Gasteiger partial charge in [0.2, 0.25) is 11.7 Å². The van der Waals surface area contributed by atoms with Crippen LogP contribution in [0.2, 0.25) is 5.02 Å². The van der Waals surface area contributed by atoms with Gasteiger partial charge in [0.15, 0.2) is 5.43 Å². The number of benzene rings is 3. The summed E-state index contributed by atoms with van der Waals surface area (Å²) in [5.74, 6) is 0.827. The number of halogens is 1. The van der Waals surface area contributed by atoms with Gasteiger partial charge in [-0.05, 0) is 54.1 Å². The van der Waals surface area contributed by atoms with Crippen LogP contribution in [-0.4, -0.2) is 15.9 Å². The summed E-state index contributed by atoms with van der Waals surface area (Å²) in [6, 6.07) is 22.1. The first-order valence-corrected chi connectivity index (χ1v) is 11.2. The number of fused-ring (bicyclic) bond motifs is 2. The smallest absolute Gasteiger partial charge is 0.297 e. The largest absolute Gasteiger partial charge is 0.457 e. The van der Waals surface area contributed by atoms with Crippen molar-refractivity contribution in [3.63, 3.8) is 0 Å². The fourth-order valence-electron chi connectivity index (χ4n) is 4.26. The highest BCUT2D eigenvalue weighted by Gasteiger charge is 2.45. The summed E-state index contributed by atoms with van der Waals surface area (Å²) in [6.07, 6.45) is 3.08. The SMILES string of the molecule is O=C1c2oc3ccc(Cl)cc3c(=O)c2C(c2cccc(Oc3ccccc3)c2)N1c1ncccn1. The third-order valence-corrected chi connectivity index (χ3v) is 5.99. The second kappa shape index (κ2) is 8.38. The number of anilines is 1. The number of carbonyl (C=O) groups is 1. The second-order valence-electron chi connectivity index (χ2n) is 7.93. The Kier molecular flexibility index (Phi) is 5.04. The fourth-order valence-corrected chi connectivity index (χ4v) is 4.43. The molecule has 35 heavy (non-hydrogen) atoms. The highest BCUT2D eigenvalue weighted by Crippen LogP contribution is 2.41. The Morgan fingerprint density at radius 3 is 2.43 bits per heavy atom. The number of hydrogen-bond donors (Lipinski definition) is 0. The van der Waals surface area contributed by atoms with Crippen LogP contribution in [0.4, 0.5) is 5.95 Å². The molecule has 3 heterocycles. The van der Waals surface area contributed by atoms with E-state index >= 15 is 0 Å². The number of para-hydroxylation sites is 1. The van der Waals surface area contributed by atoms with Crippen LogP contribution in [0.25, 0.3) is 11.0 Å². The third kappa shape index (κ3) is 3.62. The van der Waals surface area contributed by atoms with Crippen molar-refractivity contribution in [1.29, 1.82) is 0 Å². The lowest BCUT2D eigenvalue weighted by Gasteiger charge is -2.23. The van der Waals surface area contributed by atoms with Gasteiger partial charge in [-0.25, -0.2) is 9.97 Å². The molecule has 7 nitrogen and oxygen atoms in total. The van der Waals surface area contributed by atoms with Crippen molar-refractivity contribution in [1.82, 2.24) is 9.97 Å². The van der Waals surface area contributed by atoms with Gasteiger partial charge < -0.3 is 9.15 Å². The summed E-state index contributed by atoms with van der Waals surface area (Å²) in [4.78, 5) is 37.2. The first-order valence-electron chi connectivity index (χ1n) is 10.8. The van der Waals surface area contributed by atoms with Crippen LogP contribution < -0.4 is 15.1 Å². The molecular formula is C27H16ClN3O4. The van der Waals surface area contributed by atoms with E-state index in [0.29, 0.717) is 27.5 Å². The monoisotopic (exact) mass is 481 g/mol. The molecule has 8 heteroatoms. The predicted molar refractivity (Wildman–Crippen MR) is 131 cm³/mol. The van der Waals surface area contributed by atoms with Gasteiger partial charge in [0.05, 0.1) is 17.0 Å². The molecule has 0 N–H and O–H groups in total. The third-order valence-electron chi connectivity index (χ3n) is 5.75. The van der Waals surface area contributed by atoms with Gasteiger partial charge in [-0.15, -0.1) is 0 Å². The second-order valence-corrected chi connectivity index (χ2v) is 8.36. The van der Waals surface area contributed by atoms with E-state index in [1.165, 1.54) is 17.3 Å². The van der Waals surface area contributed by atoms with Gasteiger partial charge in [-0.1, -0.05) is 41.9 Å². The lowest BCUT2D eigenvalue weighted by Crippen LogP contribution is -2.31. The average molecular weight is 482 g/mol. The maximum Gasteiger partial charge on any atom is 0.297 e.